The lowest BCUT2D eigenvalue weighted by Gasteiger charge is -2.39. The highest BCUT2D eigenvalue weighted by Crippen LogP contribution is 2.32. The van der Waals surface area contributed by atoms with Crippen molar-refractivity contribution in [2.24, 2.45) is 11.8 Å². The Kier molecular flexibility index (Phi) is 11.7. The zero-order chi connectivity index (χ0) is 31.3. The summed E-state index contributed by atoms with van der Waals surface area (Å²) in [6.07, 6.45) is 5.13. The number of ether oxygens (including phenoxy) is 1. The molecular weight excluding hydrogens is 625 g/mol. The van der Waals surface area contributed by atoms with E-state index in [0.29, 0.717) is 67.4 Å². The number of carbonyl (C=O) groups excluding carboxylic acids is 3. The molecule has 250 valence electrons. The number of carbonyl (C=O) groups is 3. The summed E-state index contributed by atoms with van der Waals surface area (Å²) >= 11 is 12.5. The van der Waals surface area contributed by atoms with Gasteiger partial charge in [-0.05, 0) is 105 Å². The van der Waals surface area contributed by atoms with Gasteiger partial charge in [0.05, 0.1) is 0 Å². The Bertz CT molecular complexity index is 1350. The standard InChI is InChI=1S/C34H43Cl2N5O4.CH4/c35-27-19-23(20-28(36)22-27)21-31(32(42)39-14-7-25(8-15-39)24-5-12-37-13-6-24)45-34(44)40-16-10-29(11-17-40)41-18-9-26-3-1-2-4-30(26)38-33(41)43;/h1-4,19-20,22,24-25,29,31,37H,5-18,21H2,(H,38,43);1H4/t31-;/m1./s1. The summed E-state index contributed by atoms with van der Waals surface area (Å²) in [4.78, 5) is 45.9. The van der Waals surface area contributed by atoms with Crippen LogP contribution in [0.25, 0.3) is 0 Å². The van der Waals surface area contributed by atoms with Crippen LogP contribution in [0.2, 0.25) is 10.0 Å². The molecule has 0 aliphatic carbocycles. The number of anilines is 1. The van der Waals surface area contributed by atoms with Crippen LogP contribution in [0.15, 0.2) is 42.5 Å². The Morgan fingerprint density at radius 3 is 2.17 bits per heavy atom. The summed E-state index contributed by atoms with van der Waals surface area (Å²) in [5.74, 6) is 1.17. The van der Waals surface area contributed by atoms with Gasteiger partial charge in [-0.3, -0.25) is 4.79 Å². The number of halogens is 2. The van der Waals surface area contributed by atoms with Crippen LogP contribution in [-0.2, 0) is 22.4 Å². The van der Waals surface area contributed by atoms with E-state index in [4.69, 9.17) is 27.9 Å². The van der Waals surface area contributed by atoms with E-state index < -0.39 is 12.2 Å². The molecule has 0 aromatic heterocycles. The molecule has 4 aliphatic rings. The number of nitrogens with zero attached hydrogens (tertiary/aromatic N) is 3. The van der Waals surface area contributed by atoms with Crippen molar-refractivity contribution in [1.82, 2.24) is 20.0 Å². The lowest BCUT2D eigenvalue weighted by Crippen LogP contribution is -2.52. The number of rotatable bonds is 6. The summed E-state index contributed by atoms with van der Waals surface area (Å²) in [6, 6.07) is 13.0. The fourth-order valence-electron chi connectivity index (χ4n) is 7.53. The molecule has 0 bridgehead atoms. The third kappa shape index (κ3) is 8.28. The molecule has 4 amide bonds. The van der Waals surface area contributed by atoms with Crippen LogP contribution < -0.4 is 10.6 Å². The van der Waals surface area contributed by atoms with Crippen molar-refractivity contribution in [2.75, 3.05) is 51.1 Å². The number of hydrogen-bond acceptors (Lipinski definition) is 5. The Balaban J connectivity index is 0.00000417. The van der Waals surface area contributed by atoms with Crippen LogP contribution in [0.1, 0.15) is 57.1 Å². The summed E-state index contributed by atoms with van der Waals surface area (Å²) in [6.45, 7) is 5.01. The predicted octanol–water partition coefficient (Wildman–Crippen LogP) is 6.47. The summed E-state index contributed by atoms with van der Waals surface area (Å²) < 4.78 is 6.00. The van der Waals surface area contributed by atoms with E-state index in [0.717, 1.165) is 49.2 Å². The summed E-state index contributed by atoms with van der Waals surface area (Å²) in [5.41, 5.74) is 2.73. The quantitative estimate of drug-likeness (QED) is 0.367. The van der Waals surface area contributed by atoms with Gasteiger partial charge < -0.3 is 30.1 Å². The molecule has 3 saturated heterocycles. The fraction of sp³-hybridized carbons (Fsp3) is 0.571. The molecule has 4 heterocycles. The lowest BCUT2D eigenvalue weighted by molar-refractivity contribution is -0.142. The molecule has 0 saturated carbocycles. The van der Waals surface area contributed by atoms with Crippen LogP contribution in [0.5, 0.6) is 0 Å². The Morgan fingerprint density at radius 1 is 0.848 bits per heavy atom. The highest BCUT2D eigenvalue weighted by molar-refractivity contribution is 6.34. The van der Waals surface area contributed by atoms with E-state index in [9.17, 15) is 14.4 Å². The molecule has 1 atom stereocenters. The molecule has 2 aromatic carbocycles. The second kappa shape index (κ2) is 15.7. The number of hydrogen-bond donors (Lipinski definition) is 2. The maximum absolute atomic E-state index is 13.9. The van der Waals surface area contributed by atoms with Crippen LogP contribution in [0.4, 0.5) is 15.3 Å². The van der Waals surface area contributed by atoms with Crippen LogP contribution in [0, 0.1) is 11.8 Å². The number of amides is 4. The number of piperidine rings is 3. The first-order valence-electron chi connectivity index (χ1n) is 16.4. The highest BCUT2D eigenvalue weighted by Gasteiger charge is 2.36. The average Bonchev–Trinajstić information content (AvgIpc) is 3.22. The van der Waals surface area contributed by atoms with Gasteiger partial charge in [-0.15, -0.1) is 0 Å². The van der Waals surface area contributed by atoms with Gasteiger partial charge in [0.2, 0.25) is 0 Å². The third-order valence-electron chi connectivity index (χ3n) is 10.1. The van der Waals surface area contributed by atoms with Crippen LogP contribution in [-0.4, -0.2) is 90.7 Å². The number of nitrogens with one attached hydrogen (secondary N) is 2. The molecule has 0 unspecified atom stereocenters. The molecule has 46 heavy (non-hydrogen) atoms. The molecule has 0 radical (unpaired) electrons. The van der Waals surface area contributed by atoms with E-state index in [-0.39, 0.29) is 31.8 Å². The second-order valence-corrected chi connectivity index (χ2v) is 13.7. The largest absolute Gasteiger partial charge is 0.436 e. The van der Waals surface area contributed by atoms with Crippen molar-refractivity contribution in [3.63, 3.8) is 0 Å². The number of fused-ring (bicyclic) bond motifs is 1. The zero-order valence-corrected chi connectivity index (χ0v) is 27.2. The Hall–Kier alpha value is -3.01. The molecule has 2 N–H and O–H groups in total. The lowest BCUT2D eigenvalue weighted by atomic mass is 9.79. The van der Waals surface area contributed by atoms with Gasteiger partial charge in [0, 0.05) is 60.9 Å². The third-order valence-corrected chi connectivity index (χ3v) is 10.5. The van der Waals surface area contributed by atoms with Crippen molar-refractivity contribution in [2.45, 2.75) is 70.9 Å². The highest BCUT2D eigenvalue weighted by atomic mass is 35.5. The molecule has 0 spiro atoms. The molecule has 4 aliphatic heterocycles. The van der Waals surface area contributed by atoms with Gasteiger partial charge in [-0.1, -0.05) is 48.8 Å². The van der Waals surface area contributed by atoms with Gasteiger partial charge in [0.1, 0.15) is 0 Å². The minimum Gasteiger partial charge on any atom is -0.436 e. The van der Waals surface area contributed by atoms with Gasteiger partial charge in [-0.25, -0.2) is 9.59 Å². The van der Waals surface area contributed by atoms with Crippen molar-refractivity contribution in [3.05, 3.63) is 63.6 Å². The first-order valence-corrected chi connectivity index (χ1v) is 17.1. The number of urea groups is 1. The van der Waals surface area contributed by atoms with E-state index in [1.165, 1.54) is 12.8 Å². The van der Waals surface area contributed by atoms with Crippen molar-refractivity contribution in [1.29, 1.82) is 0 Å². The predicted molar refractivity (Wildman–Crippen MR) is 183 cm³/mol. The first kappa shape index (κ1) is 34.3. The monoisotopic (exact) mass is 671 g/mol. The van der Waals surface area contributed by atoms with Gasteiger partial charge in [0.25, 0.3) is 5.91 Å². The van der Waals surface area contributed by atoms with E-state index in [1.54, 1.807) is 23.1 Å². The van der Waals surface area contributed by atoms with E-state index >= 15 is 0 Å². The fourth-order valence-corrected chi connectivity index (χ4v) is 8.10. The molecule has 11 heteroatoms. The Labute approximate surface area is 282 Å². The van der Waals surface area contributed by atoms with E-state index in [2.05, 4.69) is 10.6 Å². The first-order chi connectivity index (χ1) is 21.8. The smallest absolute Gasteiger partial charge is 0.410 e. The zero-order valence-electron chi connectivity index (χ0n) is 25.7. The SMILES string of the molecule is C.O=C(O[C@H](Cc1cc(Cl)cc(Cl)c1)C(=O)N1CCC(C2CCNCC2)CC1)N1CCC(N2CCc3ccccc3NC2=O)CC1. The average molecular weight is 673 g/mol. The van der Waals surface area contributed by atoms with Crippen LogP contribution >= 0.6 is 23.2 Å². The van der Waals surface area contributed by atoms with Crippen molar-refractivity contribution in [3.8, 4) is 0 Å². The Morgan fingerprint density at radius 2 is 1.48 bits per heavy atom. The number of likely N-dealkylation sites (tertiary alicyclic amines) is 2. The van der Waals surface area contributed by atoms with Gasteiger partial charge >= 0.3 is 12.1 Å². The normalized spacial score (nSPS) is 20.7. The maximum Gasteiger partial charge on any atom is 0.410 e. The van der Waals surface area contributed by atoms with Crippen LogP contribution in [0.3, 0.4) is 0 Å². The minimum atomic E-state index is -0.977. The summed E-state index contributed by atoms with van der Waals surface area (Å²) in [7, 11) is 0. The second-order valence-electron chi connectivity index (χ2n) is 12.9. The topological polar surface area (TPSA) is 94.2 Å². The molecule has 6 rings (SSSR count). The maximum atomic E-state index is 13.9. The molecular formula is C35H47Cl2N5O4. The summed E-state index contributed by atoms with van der Waals surface area (Å²) in [5, 5.41) is 7.43. The van der Waals surface area contributed by atoms with Crippen molar-refractivity contribution >= 4 is 46.9 Å². The van der Waals surface area contributed by atoms with Crippen molar-refractivity contribution < 1.29 is 19.1 Å². The number of benzene rings is 2. The van der Waals surface area contributed by atoms with E-state index in [1.807, 2.05) is 34.1 Å². The molecule has 3 fully saturated rings. The van der Waals surface area contributed by atoms with Gasteiger partial charge in [0.15, 0.2) is 6.10 Å². The van der Waals surface area contributed by atoms with Gasteiger partial charge in [-0.2, -0.15) is 0 Å². The molecule has 9 nitrogen and oxygen atoms in total. The minimum absolute atomic E-state index is 0. The number of para-hydroxylation sites is 1. The molecule has 2 aromatic rings.